The van der Waals surface area contributed by atoms with Crippen molar-refractivity contribution >= 4 is 39.1 Å². The topological polar surface area (TPSA) is 86.8 Å². The van der Waals surface area contributed by atoms with Gasteiger partial charge in [-0.05, 0) is 80.6 Å². The zero-order valence-corrected chi connectivity index (χ0v) is 29.5. The second kappa shape index (κ2) is 15.2. The molecule has 0 bridgehead atoms. The summed E-state index contributed by atoms with van der Waals surface area (Å²) in [5, 5.41) is 3.48. The molecule has 248 valence electrons. The average Bonchev–Trinajstić information content (AvgIpc) is 3.02. The van der Waals surface area contributed by atoms with E-state index in [4.69, 9.17) is 11.6 Å². The molecule has 4 aromatic rings. The summed E-state index contributed by atoms with van der Waals surface area (Å²) in [6.45, 7) is 11.1. The number of carbonyl (C=O) groups is 2. The lowest BCUT2D eigenvalue weighted by atomic mass is 10.0. The number of aryl methyl sites for hydroxylation is 1. The van der Waals surface area contributed by atoms with Gasteiger partial charge in [-0.25, -0.2) is 8.42 Å². The van der Waals surface area contributed by atoms with Gasteiger partial charge in [-0.2, -0.15) is 0 Å². The van der Waals surface area contributed by atoms with E-state index in [0.717, 1.165) is 21.0 Å². The molecule has 4 rings (SSSR count). The van der Waals surface area contributed by atoms with Gasteiger partial charge in [-0.3, -0.25) is 13.9 Å². The largest absolute Gasteiger partial charge is 0.350 e. The fraction of sp³-hybridized carbons (Fsp3) is 0.316. The van der Waals surface area contributed by atoms with Gasteiger partial charge in [0.2, 0.25) is 11.8 Å². The van der Waals surface area contributed by atoms with Crippen LogP contribution in [0.1, 0.15) is 62.8 Å². The Kier molecular flexibility index (Phi) is 11.5. The maximum absolute atomic E-state index is 14.6. The number of amides is 2. The van der Waals surface area contributed by atoms with Gasteiger partial charge >= 0.3 is 0 Å². The average molecular weight is 674 g/mol. The van der Waals surface area contributed by atoms with E-state index < -0.39 is 34.1 Å². The van der Waals surface area contributed by atoms with Crippen LogP contribution < -0.4 is 9.62 Å². The first-order valence-corrected chi connectivity index (χ1v) is 17.6. The summed E-state index contributed by atoms with van der Waals surface area (Å²) in [4.78, 5) is 30.2. The van der Waals surface area contributed by atoms with Crippen LogP contribution in [0.3, 0.4) is 0 Å². The number of sulfonamides is 1. The predicted octanol–water partition coefficient (Wildman–Crippen LogP) is 7.52. The Labute approximate surface area is 284 Å². The second-order valence-electron chi connectivity index (χ2n) is 13.1. The lowest BCUT2D eigenvalue weighted by molar-refractivity contribution is -0.140. The highest BCUT2D eigenvalue weighted by molar-refractivity contribution is 7.92. The Hall–Kier alpha value is -4.14. The maximum atomic E-state index is 14.6. The van der Waals surface area contributed by atoms with E-state index in [1.165, 1.54) is 4.90 Å². The molecule has 0 aliphatic heterocycles. The van der Waals surface area contributed by atoms with Crippen LogP contribution in [-0.2, 0) is 32.6 Å². The van der Waals surface area contributed by atoms with Crippen LogP contribution in [0.4, 0.5) is 5.69 Å². The summed E-state index contributed by atoms with van der Waals surface area (Å²) in [7, 11) is -4.19. The standard InChI is InChI=1S/C38H44ClN3O4S/c1-27(2)30-18-20-32(21-19-30)42(47(45,46)33-22-16-28(3)17-23-33)26-36(43)41(25-31-14-10-11-15-34(31)39)35(37(44)40-38(4,5)6)24-29-12-8-7-9-13-29/h7-23,27,35H,24-26H2,1-6H3,(H,40,44)/t35-/m0/s1. The third kappa shape index (κ3) is 9.46. The molecule has 0 fully saturated rings. The van der Waals surface area contributed by atoms with Gasteiger partial charge in [-0.15, -0.1) is 0 Å². The normalized spacial score (nSPS) is 12.4. The minimum Gasteiger partial charge on any atom is -0.350 e. The Bertz CT molecular complexity index is 1770. The van der Waals surface area contributed by atoms with E-state index in [-0.39, 0.29) is 29.7 Å². The lowest BCUT2D eigenvalue weighted by Gasteiger charge is -2.35. The molecular weight excluding hydrogens is 630 g/mol. The first-order valence-electron chi connectivity index (χ1n) is 15.7. The summed E-state index contributed by atoms with van der Waals surface area (Å²) in [5.74, 6) is -0.659. The van der Waals surface area contributed by atoms with Gasteiger partial charge in [0, 0.05) is 23.5 Å². The molecule has 0 saturated heterocycles. The summed E-state index contributed by atoms with van der Waals surface area (Å²) in [6.07, 6.45) is 0.215. The molecule has 1 N–H and O–H groups in total. The molecular formula is C38H44ClN3O4S. The van der Waals surface area contributed by atoms with Crippen molar-refractivity contribution in [2.75, 3.05) is 10.8 Å². The molecule has 0 heterocycles. The third-order valence-electron chi connectivity index (χ3n) is 7.80. The number of benzene rings is 4. The van der Waals surface area contributed by atoms with Gasteiger partial charge in [0.25, 0.3) is 10.0 Å². The van der Waals surface area contributed by atoms with Gasteiger partial charge in [0.15, 0.2) is 0 Å². The predicted molar refractivity (Wildman–Crippen MR) is 190 cm³/mol. The van der Waals surface area contributed by atoms with Gasteiger partial charge in [0.1, 0.15) is 12.6 Å². The molecule has 9 heteroatoms. The van der Waals surface area contributed by atoms with Crippen LogP contribution in [0.15, 0.2) is 108 Å². The van der Waals surface area contributed by atoms with E-state index in [1.54, 1.807) is 54.6 Å². The lowest BCUT2D eigenvalue weighted by Crippen LogP contribution is -2.56. The molecule has 1 atom stereocenters. The Morgan fingerprint density at radius 3 is 2.00 bits per heavy atom. The third-order valence-corrected chi connectivity index (χ3v) is 9.96. The van der Waals surface area contributed by atoms with Crippen LogP contribution in [0.25, 0.3) is 0 Å². The Balaban J connectivity index is 1.83. The van der Waals surface area contributed by atoms with Crippen LogP contribution in [0.2, 0.25) is 5.02 Å². The molecule has 47 heavy (non-hydrogen) atoms. The van der Waals surface area contributed by atoms with E-state index in [0.29, 0.717) is 16.3 Å². The first kappa shape index (κ1) is 35.7. The first-order chi connectivity index (χ1) is 22.2. The fourth-order valence-electron chi connectivity index (χ4n) is 5.21. The molecule has 0 unspecified atom stereocenters. The molecule has 2 amide bonds. The zero-order chi connectivity index (χ0) is 34.4. The fourth-order valence-corrected chi connectivity index (χ4v) is 6.82. The van der Waals surface area contributed by atoms with Crippen LogP contribution in [-0.4, -0.2) is 43.3 Å². The highest BCUT2D eigenvalue weighted by atomic mass is 35.5. The molecule has 7 nitrogen and oxygen atoms in total. The summed E-state index contributed by atoms with van der Waals surface area (Å²) < 4.78 is 29.7. The molecule has 0 spiro atoms. The monoisotopic (exact) mass is 673 g/mol. The summed E-state index contributed by atoms with van der Waals surface area (Å²) in [6, 6.07) is 29.4. The van der Waals surface area contributed by atoms with Crippen molar-refractivity contribution in [1.82, 2.24) is 10.2 Å². The number of hydrogen-bond acceptors (Lipinski definition) is 4. The number of nitrogens with zero attached hydrogens (tertiary/aromatic N) is 2. The van der Waals surface area contributed by atoms with E-state index >= 15 is 0 Å². The number of rotatable bonds is 12. The Morgan fingerprint density at radius 1 is 0.830 bits per heavy atom. The highest BCUT2D eigenvalue weighted by Gasteiger charge is 2.36. The SMILES string of the molecule is Cc1ccc(S(=O)(=O)N(CC(=O)N(Cc2ccccc2Cl)[C@@H](Cc2ccccc2)C(=O)NC(C)(C)C)c2ccc(C(C)C)cc2)cc1. The van der Waals surface area contributed by atoms with Crippen LogP contribution in [0.5, 0.6) is 0 Å². The molecule has 0 radical (unpaired) electrons. The van der Waals surface area contributed by atoms with Crippen molar-refractivity contribution in [2.24, 2.45) is 0 Å². The summed E-state index contributed by atoms with van der Waals surface area (Å²) >= 11 is 6.59. The quantitative estimate of drug-likeness (QED) is 0.169. The number of halogens is 1. The van der Waals surface area contributed by atoms with Crippen molar-refractivity contribution in [1.29, 1.82) is 0 Å². The molecule has 0 aliphatic carbocycles. The van der Waals surface area contributed by atoms with Crippen molar-refractivity contribution < 1.29 is 18.0 Å². The van der Waals surface area contributed by atoms with Crippen molar-refractivity contribution in [2.45, 2.75) is 76.9 Å². The molecule has 0 aromatic heterocycles. The van der Waals surface area contributed by atoms with Crippen LogP contribution >= 0.6 is 11.6 Å². The van der Waals surface area contributed by atoms with E-state index in [9.17, 15) is 18.0 Å². The number of anilines is 1. The van der Waals surface area contributed by atoms with Gasteiger partial charge < -0.3 is 10.2 Å². The van der Waals surface area contributed by atoms with E-state index in [1.807, 2.05) is 76.2 Å². The van der Waals surface area contributed by atoms with Crippen molar-refractivity contribution in [3.8, 4) is 0 Å². The van der Waals surface area contributed by atoms with Crippen molar-refractivity contribution in [3.63, 3.8) is 0 Å². The molecule has 0 saturated carbocycles. The molecule has 4 aromatic carbocycles. The molecule has 0 aliphatic rings. The van der Waals surface area contributed by atoms with Crippen molar-refractivity contribution in [3.05, 3.63) is 130 Å². The number of carbonyl (C=O) groups excluding carboxylic acids is 2. The maximum Gasteiger partial charge on any atom is 0.264 e. The van der Waals surface area contributed by atoms with Gasteiger partial charge in [0.05, 0.1) is 10.6 Å². The second-order valence-corrected chi connectivity index (χ2v) is 15.4. The van der Waals surface area contributed by atoms with E-state index in [2.05, 4.69) is 19.2 Å². The zero-order valence-electron chi connectivity index (χ0n) is 27.9. The summed E-state index contributed by atoms with van der Waals surface area (Å²) in [5.41, 5.74) is 3.21. The number of hydrogen-bond donors (Lipinski definition) is 1. The smallest absolute Gasteiger partial charge is 0.264 e. The number of nitrogens with one attached hydrogen (secondary N) is 1. The van der Waals surface area contributed by atoms with Gasteiger partial charge in [-0.1, -0.05) is 104 Å². The van der Waals surface area contributed by atoms with Crippen LogP contribution in [0, 0.1) is 6.92 Å². The minimum absolute atomic E-state index is 0.00171. The highest BCUT2D eigenvalue weighted by Crippen LogP contribution is 2.28. The minimum atomic E-state index is -4.19. The Morgan fingerprint density at radius 2 is 1.43 bits per heavy atom.